The summed E-state index contributed by atoms with van der Waals surface area (Å²) in [7, 11) is 0. The van der Waals surface area contributed by atoms with E-state index in [4.69, 9.17) is 0 Å². The molecule has 0 unspecified atom stereocenters. The Kier molecular flexibility index (Phi) is 5.30. The third-order valence-corrected chi connectivity index (χ3v) is 4.41. The summed E-state index contributed by atoms with van der Waals surface area (Å²) in [6, 6.07) is 0. The number of nitrogens with zero attached hydrogens (tertiary/aromatic N) is 1. The van der Waals surface area contributed by atoms with Gasteiger partial charge < -0.3 is 5.32 Å². The first-order valence-corrected chi connectivity index (χ1v) is 7.73. The molecule has 1 N–H and O–H groups in total. The minimum atomic E-state index is -2.27. The monoisotopic (exact) mass is 288 g/mol. The Bertz CT molecular complexity index is 391. The standard InChI is InChI=1S/C14H22F2N2S/c1-10(2)7-18-4-3-12-11(5-17-6-14(15)16)9-19-13(12)8-18/h9-10,14,17H,3-8H2,1-2H3. The van der Waals surface area contributed by atoms with Crippen molar-refractivity contribution in [3.05, 3.63) is 21.4 Å². The van der Waals surface area contributed by atoms with Crippen LogP contribution >= 0.6 is 11.3 Å². The number of hydrogen-bond donors (Lipinski definition) is 1. The second-order valence-corrected chi connectivity index (χ2v) is 6.53. The lowest BCUT2D eigenvalue weighted by atomic mass is 10.0. The molecule has 0 saturated heterocycles. The van der Waals surface area contributed by atoms with E-state index in [0.29, 0.717) is 12.5 Å². The fourth-order valence-electron chi connectivity index (χ4n) is 2.58. The first-order valence-electron chi connectivity index (χ1n) is 6.85. The van der Waals surface area contributed by atoms with Gasteiger partial charge in [0.2, 0.25) is 0 Å². The first kappa shape index (κ1) is 14.9. The predicted molar refractivity (Wildman–Crippen MR) is 75.8 cm³/mol. The van der Waals surface area contributed by atoms with Crippen LogP contribution in [-0.4, -0.2) is 31.0 Å². The van der Waals surface area contributed by atoms with Crippen LogP contribution in [0, 0.1) is 5.92 Å². The summed E-state index contributed by atoms with van der Waals surface area (Å²) in [4.78, 5) is 3.90. The van der Waals surface area contributed by atoms with Gasteiger partial charge >= 0.3 is 0 Å². The molecule has 0 radical (unpaired) electrons. The zero-order valence-corrected chi connectivity index (χ0v) is 12.4. The molecule has 2 nitrogen and oxygen atoms in total. The third-order valence-electron chi connectivity index (χ3n) is 3.35. The van der Waals surface area contributed by atoms with Crippen molar-refractivity contribution in [2.24, 2.45) is 5.92 Å². The van der Waals surface area contributed by atoms with Crippen LogP contribution in [0.25, 0.3) is 0 Å². The van der Waals surface area contributed by atoms with Gasteiger partial charge in [-0.2, -0.15) is 0 Å². The molecule has 0 aromatic carbocycles. The highest BCUT2D eigenvalue weighted by Gasteiger charge is 2.21. The number of nitrogens with one attached hydrogen (secondary N) is 1. The zero-order valence-electron chi connectivity index (χ0n) is 11.6. The summed E-state index contributed by atoms with van der Waals surface area (Å²) in [5.74, 6) is 0.689. The molecule has 2 heterocycles. The maximum Gasteiger partial charge on any atom is 0.250 e. The highest BCUT2D eigenvalue weighted by Crippen LogP contribution is 2.29. The molecule has 0 aliphatic carbocycles. The molecule has 0 amide bonds. The summed E-state index contributed by atoms with van der Waals surface area (Å²) in [5, 5.41) is 4.95. The molecule has 2 rings (SSSR count). The number of halogens is 2. The number of hydrogen-bond acceptors (Lipinski definition) is 3. The second-order valence-electron chi connectivity index (χ2n) is 5.56. The quantitative estimate of drug-likeness (QED) is 0.865. The van der Waals surface area contributed by atoms with Crippen molar-refractivity contribution in [3.8, 4) is 0 Å². The van der Waals surface area contributed by atoms with Crippen molar-refractivity contribution in [2.45, 2.75) is 39.8 Å². The summed E-state index contributed by atoms with van der Waals surface area (Å²) in [6.45, 7) is 8.07. The fourth-order valence-corrected chi connectivity index (χ4v) is 3.73. The van der Waals surface area contributed by atoms with E-state index in [0.717, 1.165) is 26.1 Å². The van der Waals surface area contributed by atoms with Gasteiger partial charge in [-0.3, -0.25) is 4.90 Å². The minimum absolute atomic E-state index is 0.218. The number of alkyl halides is 2. The van der Waals surface area contributed by atoms with Crippen molar-refractivity contribution in [1.82, 2.24) is 10.2 Å². The fraction of sp³-hybridized carbons (Fsp3) is 0.714. The molecule has 0 atom stereocenters. The molecule has 0 fully saturated rings. The zero-order chi connectivity index (χ0) is 13.8. The van der Waals surface area contributed by atoms with E-state index in [2.05, 4.69) is 29.4 Å². The van der Waals surface area contributed by atoms with Gasteiger partial charge in [0.25, 0.3) is 6.43 Å². The van der Waals surface area contributed by atoms with Gasteiger partial charge in [0, 0.05) is 31.1 Å². The molecule has 1 aliphatic heterocycles. The molecule has 0 spiro atoms. The molecular formula is C14H22F2N2S. The topological polar surface area (TPSA) is 15.3 Å². The normalized spacial score (nSPS) is 16.3. The molecule has 108 valence electrons. The molecule has 0 saturated carbocycles. The van der Waals surface area contributed by atoms with Crippen LogP contribution in [0.4, 0.5) is 8.78 Å². The van der Waals surface area contributed by atoms with Crippen LogP contribution in [-0.2, 0) is 19.5 Å². The van der Waals surface area contributed by atoms with Crippen molar-refractivity contribution in [3.63, 3.8) is 0 Å². The Labute approximate surface area is 117 Å². The average molecular weight is 288 g/mol. The van der Waals surface area contributed by atoms with Gasteiger partial charge in [-0.05, 0) is 28.8 Å². The highest BCUT2D eigenvalue weighted by atomic mass is 32.1. The van der Waals surface area contributed by atoms with Gasteiger partial charge in [0.05, 0.1) is 6.54 Å². The second kappa shape index (κ2) is 6.77. The van der Waals surface area contributed by atoms with Gasteiger partial charge in [-0.25, -0.2) is 8.78 Å². The van der Waals surface area contributed by atoms with Crippen molar-refractivity contribution >= 4 is 11.3 Å². The predicted octanol–water partition coefficient (Wildman–Crippen LogP) is 3.12. The SMILES string of the molecule is CC(C)CN1CCc2c(CNCC(F)F)csc2C1. The number of thiophene rings is 1. The van der Waals surface area contributed by atoms with Crippen LogP contribution in [0.3, 0.4) is 0 Å². The van der Waals surface area contributed by atoms with E-state index in [1.165, 1.54) is 16.0 Å². The Hall–Kier alpha value is -0.520. The third kappa shape index (κ3) is 4.23. The number of fused-ring (bicyclic) bond motifs is 1. The van der Waals surface area contributed by atoms with Crippen LogP contribution in [0.1, 0.15) is 29.9 Å². The Morgan fingerprint density at radius 3 is 2.89 bits per heavy atom. The lowest BCUT2D eigenvalue weighted by molar-refractivity contribution is 0.145. The largest absolute Gasteiger partial charge is 0.307 e. The van der Waals surface area contributed by atoms with Gasteiger partial charge in [0.15, 0.2) is 0 Å². The summed E-state index contributed by atoms with van der Waals surface area (Å²) < 4.78 is 24.2. The summed E-state index contributed by atoms with van der Waals surface area (Å²) in [6.07, 6.45) is -1.21. The minimum Gasteiger partial charge on any atom is -0.307 e. The Balaban J connectivity index is 1.91. The molecule has 1 aromatic rings. The van der Waals surface area contributed by atoms with Gasteiger partial charge in [-0.15, -0.1) is 11.3 Å². The van der Waals surface area contributed by atoms with Crippen LogP contribution < -0.4 is 5.32 Å². The van der Waals surface area contributed by atoms with Crippen LogP contribution in [0.5, 0.6) is 0 Å². The molecule has 19 heavy (non-hydrogen) atoms. The lowest BCUT2D eigenvalue weighted by Crippen LogP contribution is -2.33. The first-order chi connectivity index (χ1) is 9.06. The lowest BCUT2D eigenvalue weighted by Gasteiger charge is -2.28. The van der Waals surface area contributed by atoms with E-state index < -0.39 is 6.43 Å². The van der Waals surface area contributed by atoms with E-state index in [1.807, 2.05) is 0 Å². The summed E-state index contributed by atoms with van der Waals surface area (Å²) >= 11 is 1.77. The van der Waals surface area contributed by atoms with Crippen molar-refractivity contribution in [2.75, 3.05) is 19.6 Å². The number of rotatable bonds is 6. The van der Waals surface area contributed by atoms with E-state index >= 15 is 0 Å². The Morgan fingerprint density at radius 2 is 2.21 bits per heavy atom. The molecule has 0 bridgehead atoms. The van der Waals surface area contributed by atoms with Crippen LogP contribution in [0.2, 0.25) is 0 Å². The highest BCUT2D eigenvalue weighted by molar-refractivity contribution is 7.10. The summed E-state index contributed by atoms with van der Waals surface area (Å²) in [5.41, 5.74) is 2.61. The maximum absolute atomic E-state index is 12.1. The van der Waals surface area contributed by atoms with Crippen molar-refractivity contribution in [1.29, 1.82) is 0 Å². The average Bonchev–Trinajstić information content (AvgIpc) is 2.70. The maximum atomic E-state index is 12.1. The molecule has 1 aliphatic rings. The molecule has 1 aromatic heterocycles. The van der Waals surface area contributed by atoms with E-state index in [-0.39, 0.29) is 6.54 Å². The van der Waals surface area contributed by atoms with E-state index in [1.54, 1.807) is 11.3 Å². The van der Waals surface area contributed by atoms with Crippen LogP contribution in [0.15, 0.2) is 5.38 Å². The molecular weight excluding hydrogens is 266 g/mol. The Morgan fingerprint density at radius 1 is 1.42 bits per heavy atom. The van der Waals surface area contributed by atoms with Crippen molar-refractivity contribution < 1.29 is 8.78 Å². The van der Waals surface area contributed by atoms with Gasteiger partial charge in [-0.1, -0.05) is 13.8 Å². The molecule has 5 heteroatoms. The van der Waals surface area contributed by atoms with Gasteiger partial charge in [0.1, 0.15) is 0 Å². The van der Waals surface area contributed by atoms with E-state index in [9.17, 15) is 8.78 Å². The smallest absolute Gasteiger partial charge is 0.250 e.